The predicted molar refractivity (Wildman–Crippen MR) is 109 cm³/mol. The van der Waals surface area contributed by atoms with Crippen LogP contribution in [0.5, 0.6) is 11.5 Å². The normalized spacial score (nSPS) is 13.4. The Morgan fingerprint density at radius 1 is 1.07 bits per heavy atom. The van der Waals surface area contributed by atoms with E-state index in [2.05, 4.69) is 20.9 Å². The molecule has 0 saturated heterocycles. The van der Waals surface area contributed by atoms with Gasteiger partial charge in [-0.3, -0.25) is 15.1 Å². The second kappa shape index (κ2) is 9.45. The van der Waals surface area contributed by atoms with E-state index in [1.807, 2.05) is 18.2 Å². The molecule has 0 aromatic heterocycles. The number of aliphatic imine (C=N–C) groups is 1. The zero-order chi connectivity index (χ0) is 19.8. The van der Waals surface area contributed by atoms with E-state index in [1.165, 1.54) is 12.1 Å². The molecule has 0 unspecified atom stereocenters. The summed E-state index contributed by atoms with van der Waals surface area (Å²) >= 11 is 0. The molecule has 28 heavy (non-hydrogen) atoms. The monoisotopic (exact) mass is 385 g/mol. The Balaban J connectivity index is 1.47. The molecule has 1 aliphatic heterocycles. The van der Waals surface area contributed by atoms with Crippen molar-refractivity contribution in [2.45, 2.75) is 6.42 Å². The molecule has 0 bridgehead atoms. The first-order valence-corrected chi connectivity index (χ1v) is 9.01. The summed E-state index contributed by atoms with van der Waals surface area (Å²) in [5.41, 5.74) is 1.74. The van der Waals surface area contributed by atoms with E-state index in [9.17, 15) is 10.1 Å². The lowest BCUT2D eigenvalue weighted by Gasteiger charge is -2.14. The number of fused-ring (bicyclic) bond motifs is 1. The number of ether oxygens (including phenoxy) is 2. The number of anilines is 2. The Morgan fingerprint density at radius 2 is 1.79 bits per heavy atom. The van der Waals surface area contributed by atoms with Gasteiger partial charge in [0.1, 0.15) is 0 Å². The summed E-state index contributed by atoms with van der Waals surface area (Å²) < 4.78 is 11.3. The zero-order valence-electron chi connectivity index (χ0n) is 15.6. The molecular formula is C19H23N5O4. The maximum Gasteiger partial charge on any atom is 0.269 e. The molecule has 9 nitrogen and oxygen atoms in total. The molecule has 1 heterocycles. The van der Waals surface area contributed by atoms with E-state index < -0.39 is 4.92 Å². The Kier molecular flexibility index (Phi) is 6.50. The van der Waals surface area contributed by atoms with Gasteiger partial charge >= 0.3 is 0 Å². The number of guanidine groups is 1. The number of non-ortho nitro benzene ring substituents is 1. The lowest BCUT2D eigenvalue weighted by atomic mass is 10.2. The van der Waals surface area contributed by atoms with Crippen molar-refractivity contribution in [2.75, 3.05) is 44.0 Å². The summed E-state index contributed by atoms with van der Waals surface area (Å²) in [5.74, 6) is 2.09. The third-order valence-electron chi connectivity index (χ3n) is 4.06. The van der Waals surface area contributed by atoms with Crippen LogP contribution in [0.4, 0.5) is 17.1 Å². The van der Waals surface area contributed by atoms with Gasteiger partial charge in [-0.1, -0.05) is 0 Å². The lowest BCUT2D eigenvalue weighted by molar-refractivity contribution is -0.384. The van der Waals surface area contributed by atoms with Gasteiger partial charge < -0.3 is 25.4 Å². The van der Waals surface area contributed by atoms with Gasteiger partial charge in [0, 0.05) is 56.1 Å². The highest BCUT2D eigenvalue weighted by Gasteiger charge is 2.11. The summed E-state index contributed by atoms with van der Waals surface area (Å²) in [7, 11) is 1.70. The number of hydrogen-bond acceptors (Lipinski definition) is 6. The van der Waals surface area contributed by atoms with Gasteiger partial charge in [0.25, 0.3) is 5.69 Å². The average molecular weight is 385 g/mol. The summed E-state index contributed by atoms with van der Waals surface area (Å²) in [5, 5.41) is 20.3. The second-order valence-electron chi connectivity index (χ2n) is 6.07. The van der Waals surface area contributed by atoms with E-state index in [0.29, 0.717) is 32.3 Å². The minimum Gasteiger partial charge on any atom is -0.490 e. The average Bonchev–Trinajstić information content (AvgIpc) is 2.95. The number of nitro groups is 1. The third kappa shape index (κ3) is 5.26. The van der Waals surface area contributed by atoms with Crippen LogP contribution >= 0.6 is 0 Å². The predicted octanol–water partition coefficient (Wildman–Crippen LogP) is 2.86. The van der Waals surface area contributed by atoms with Crippen LogP contribution in [0.2, 0.25) is 0 Å². The van der Waals surface area contributed by atoms with Crippen molar-refractivity contribution in [1.82, 2.24) is 5.32 Å². The molecule has 0 aliphatic carbocycles. The second-order valence-corrected chi connectivity index (χ2v) is 6.07. The fourth-order valence-electron chi connectivity index (χ4n) is 2.65. The fourth-order valence-corrected chi connectivity index (χ4v) is 2.65. The maximum atomic E-state index is 10.7. The Hall–Kier alpha value is -3.49. The highest BCUT2D eigenvalue weighted by atomic mass is 16.6. The van der Waals surface area contributed by atoms with Crippen molar-refractivity contribution < 1.29 is 14.4 Å². The molecule has 2 aromatic rings. The number of nitrogens with zero attached hydrogens (tertiary/aromatic N) is 2. The molecule has 0 atom stereocenters. The first-order chi connectivity index (χ1) is 13.7. The minimum atomic E-state index is -0.416. The number of nitro benzene ring substituents is 1. The fraction of sp³-hybridized carbons (Fsp3) is 0.316. The maximum absolute atomic E-state index is 10.7. The van der Waals surface area contributed by atoms with E-state index in [1.54, 1.807) is 19.2 Å². The number of benzene rings is 2. The van der Waals surface area contributed by atoms with Crippen molar-refractivity contribution >= 4 is 23.0 Å². The largest absolute Gasteiger partial charge is 0.490 e. The number of rotatable bonds is 6. The smallest absolute Gasteiger partial charge is 0.269 e. The van der Waals surface area contributed by atoms with Crippen LogP contribution in [-0.2, 0) is 0 Å². The molecule has 0 spiro atoms. The molecule has 0 fully saturated rings. The van der Waals surface area contributed by atoms with Gasteiger partial charge in [0.2, 0.25) is 0 Å². The molecule has 148 valence electrons. The molecular weight excluding hydrogens is 362 g/mol. The van der Waals surface area contributed by atoms with Crippen LogP contribution in [0.3, 0.4) is 0 Å². The Labute approximate surface area is 162 Å². The van der Waals surface area contributed by atoms with Crippen LogP contribution in [0.25, 0.3) is 0 Å². The van der Waals surface area contributed by atoms with Gasteiger partial charge in [-0.25, -0.2) is 0 Å². The molecule has 0 amide bonds. The van der Waals surface area contributed by atoms with Gasteiger partial charge in [0.15, 0.2) is 17.5 Å². The molecule has 2 aromatic carbocycles. The highest BCUT2D eigenvalue weighted by molar-refractivity contribution is 5.93. The topological polar surface area (TPSA) is 110 Å². The van der Waals surface area contributed by atoms with E-state index in [0.717, 1.165) is 29.3 Å². The zero-order valence-corrected chi connectivity index (χ0v) is 15.6. The quantitative estimate of drug-likeness (QED) is 0.231. The van der Waals surface area contributed by atoms with Crippen LogP contribution in [0, 0.1) is 10.1 Å². The van der Waals surface area contributed by atoms with Crippen molar-refractivity contribution in [3.05, 3.63) is 52.6 Å². The van der Waals surface area contributed by atoms with Gasteiger partial charge in [-0.2, -0.15) is 0 Å². The molecule has 1 aliphatic rings. The van der Waals surface area contributed by atoms with E-state index in [4.69, 9.17) is 9.47 Å². The summed E-state index contributed by atoms with van der Waals surface area (Å²) in [6, 6.07) is 12.0. The van der Waals surface area contributed by atoms with Crippen LogP contribution in [-0.4, -0.2) is 44.2 Å². The van der Waals surface area contributed by atoms with E-state index in [-0.39, 0.29) is 5.69 Å². The Morgan fingerprint density at radius 3 is 2.50 bits per heavy atom. The van der Waals surface area contributed by atoms with E-state index >= 15 is 0 Å². The van der Waals surface area contributed by atoms with Crippen LogP contribution in [0.15, 0.2) is 47.5 Å². The summed E-state index contributed by atoms with van der Waals surface area (Å²) in [4.78, 5) is 14.5. The van der Waals surface area contributed by atoms with Gasteiger partial charge in [-0.05, 0) is 24.3 Å². The van der Waals surface area contributed by atoms with Gasteiger partial charge in [0.05, 0.1) is 18.1 Å². The third-order valence-corrected chi connectivity index (χ3v) is 4.06. The minimum absolute atomic E-state index is 0.0726. The summed E-state index contributed by atoms with van der Waals surface area (Å²) in [6.07, 6.45) is 0.864. The first kappa shape index (κ1) is 19.3. The first-order valence-electron chi connectivity index (χ1n) is 9.01. The lowest BCUT2D eigenvalue weighted by Crippen LogP contribution is -2.34. The van der Waals surface area contributed by atoms with Gasteiger partial charge in [-0.15, -0.1) is 0 Å². The van der Waals surface area contributed by atoms with Crippen LogP contribution in [0.1, 0.15) is 6.42 Å². The van der Waals surface area contributed by atoms with Crippen molar-refractivity contribution in [1.29, 1.82) is 0 Å². The standard InChI is InChI=1S/C19H23N5O4/c1-20-19(22-10-9-21-14-3-6-16(7-4-14)24(25)26)23-15-5-8-17-18(13-15)28-12-2-11-27-17/h3-8,13,21H,2,9-12H2,1H3,(H2,20,22,23). The van der Waals surface area contributed by atoms with Crippen molar-refractivity contribution in [3.8, 4) is 11.5 Å². The number of hydrogen-bond donors (Lipinski definition) is 3. The van der Waals surface area contributed by atoms with Crippen molar-refractivity contribution in [2.24, 2.45) is 4.99 Å². The number of nitrogens with one attached hydrogen (secondary N) is 3. The molecule has 3 rings (SSSR count). The van der Waals surface area contributed by atoms with Crippen molar-refractivity contribution in [3.63, 3.8) is 0 Å². The highest BCUT2D eigenvalue weighted by Crippen LogP contribution is 2.32. The molecule has 0 radical (unpaired) electrons. The summed E-state index contributed by atoms with van der Waals surface area (Å²) in [6.45, 7) is 2.53. The molecule has 0 saturated carbocycles. The molecule has 3 N–H and O–H groups in total. The SMILES string of the molecule is CN=C(NCCNc1ccc([N+](=O)[O-])cc1)Nc1ccc2c(c1)OCCCO2. The Bertz CT molecular complexity index is 839. The molecule has 9 heteroatoms. The van der Waals surface area contributed by atoms with Crippen LogP contribution < -0.4 is 25.4 Å².